The van der Waals surface area contributed by atoms with Crippen molar-refractivity contribution in [3.63, 3.8) is 0 Å². The van der Waals surface area contributed by atoms with Crippen LogP contribution in [-0.4, -0.2) is 13.2 Å². The zero-order valence-corrected chi connectivity index (χ0v) is 29.4. The van der Waals surface area contributed by atoms with Crippen molar-refractivity contribution in [2.75, 3.05) is 13.2 Å². The Morgan fingerprint density at radius 2 is 0.750 bits per heavy atom. The van der Waals surface area contributed by atoms with E-state index in [4.69, 9.17) is 9.47 Å². The Hall–Kier alpha value is -3.66. The lowest BCUT2D eigenvalue weighted by molar-refractivity contribution is 0.285. The zero-order chi connectivity index (χ0) is 33.8. The van der Waals surface area contributed by atoms with Gasteiger partial charge in [0.15, 0.2) is 11.6 Å². The molecule has 0 spiro atoms. The fourth-order valence-electron chi connectivity index (χ4n) is 6.15. The molecule has 258 valence electrons. The maximum atomic E-state index is 15.0. The summed E-state index contributed by atoms with van der Waals surface area (Å²) in [5.74, 6) is -0.902. The number of ether oxygens (including phenoxy) is 2. The van der Waals surface area contributed by atoms with Gasteiger partial charge >= 0.3 is 0 Å². The molecule has 0 aromatic heterocycles. The second-order valence-electron chi connectivity index (χ2n) is 13.1. The molecule has 4 rings (SSSR count). The highest BCUT2D eigenvalue weighted by atomic mass is 19.2. The Morgan fingerprint density at radius 3 is 1.21 bits per heavy atom. The number of rotatable bonds is 23. The molecule has 0 aliphatic heterocycles. The van der Waals surface area contributed by atoms with Gasteiger partial charge < -0.3 is 9.47 Å². The van der Waals surface area contributed by atoms with E-state index in [-0.39, 0.29) is 11.3 Å². The summed E-state index contributed by atoms with van der Waals surface area (Å²) in [6.45, 7) is 5.62. The molecular formula is C44H56F2O2. The Bertz CT molecular complexity index is 1450. The molecule has 0 bridgehead atoms. The van der Waals surface area contributed by atoms with Gasteiger partial charge in [0, 0.05) is 5.56 Å². The van der Waals surface area contributed by atoms with Gasteiger partial charge in [0.05, 0.1) is 13.2 Å². The van der Waals surface area contributed by atoms with E-state index < -0.39 is 11.6 Å². The first-order valence-electron chi connectivity index (χ1n) is 18.7. The quantitative estimate of drug-likeness (QED) is 0.0741. The fraction of sp³-hybridized carbons (Fsp3) is 0.455. The molecule has 0 aliphatic rings. The van der Waals surface area contributed by atoms with E-state index in [9.17, 15) is 4.39 Å². The number of hydrogen-bond acceptors (Lipinski definition) is 2. The van der Waals surface area contributed by atoms with Crippen LogP contribution in [0, 0.1) is 11.6 Å². The largest absolute Gasteiger partial charge is 0.494 e. The molecule has 4 aromatic rings. The molecule has 4 heteroatoms. The summed E-state index contributed by atoms with van der Waals surface area (Å²) in [7, 11) is 0. The Morgan fingerprint density at radius 1 is 0.375 bits per heavy atom. The van der Waals surface area contributed by atoms with Crippen LogP contribution >= 0.6 is 0 Å². The molecule has 0 aliphatic carbocycles. The minimum atomic E-state index is -0.924. The predicted octanol–water partition coefficient (Wildman–Crippen LogP) is 14.0. The third kappa shape index (κ3) is 12.1. The topological polar surface area (TPSA) is 18.5 Å². The third-order valence-electron chi connectivity index (χ3n) is 9.17. The van der Waals surface area contributed by atoms with Crippen molar-refractivity contribution in [2.24, 2.45) is 0 Å². The normalized spacial score (nSPS) is 11.2. The van der Waals surface area contributed by atoms with Gasteiger partial charge in [0.25, 0.3) is 0 Å². The second-order valence-corrected chi connectivity index (χ2v) is 13.1. The summed E-state index contributed by atoms with van der Waals surface area (Å²) in [6.07, 6.45) is 19.9. The van der Waals surface area contributed by atoms with Gasteiger partial charge in [0.1, 0.15) is 5.75 Å². The first-order chi connectivity index (χ1) is 23.6. The van der Waals surface area contributed by atoms with Crippen molar-refractivity contribution in [3.05, 3.63) is 96.6 Å². The van der Waals surface area contributed by atoms with E-state index in [1.807, 2.05) is 24.3 Å². The highest BCUT2D eigenvalue weighted by molar-refractivity contribution is 5.74. The lowest BCUT2D eigenvalue weighted by atomic mass is 9.98. The number of hydrogen-bond donors (Lipinski definition) is 0. The molecule has 2 nitrogen and oxygen atoms in total. The molecule has 0 N–H and O–H groups in total. The standard InChI is InChI=1S/C44H56F2O2/c1-3-5-7-9-11-12-13-14-16-17-33-47-40-29-27-38(28-30-40)36-21-19-35(20-22-36)37-23-25-39(26-24-37)41-31-32-42(44(46)43(41)45)48-34-18-15-10-8-6-4-2/h19-32H,3-18,33-34H2,1-2H3. The van der Waals surface area contributed by atoms with Crippen LogP contribution in [0.15, 0.2) is 84.9 Å². The van der Waals surface area contributed by atoms with Gasteiger partial charge in [-0.05, 0) is 64.9 Å². The van der Waals surface area contributed by atoms with E-state index in [0.29, 0.717) is 12.2 Å². The molecule has 0 fully saturated rings. The van der Waals surface area contributed by atoms with Crippen molar-refractivity contribution in [1.29, 1.82) is 0 Å². The van der Waals surface area contributed by atoms with Crippen LogP contribution in [0.5, 0.6) is 11.5 Å². The van der Waals surface area contributed by atoms with E-state index in [2.05, 4.69) is 62.4 Å². The van der Waals surface area contributed by atoms with Crippen LogP contribution in [0.1, 0.15) is 117 Å². The van der Waals surface area contributed by atoms with Gasteiger partial charge in [0.2, 0.25) is 5.82 Å². The van der Waals surface area contributed by atoms with Crippen LogP contribution in [0.4, 0.5) is 8.78 Å². The zero-order valence-electron chi connectivity index (χ0n) is 29.4. The summed E-state index contributed by atoms with van der Waals surface area (Å²) in [5.41, 5.74) is 5.21. The van der Waals surface area contributed by atoms with Gasteiger partial charge in [-0.3, -0.25) is 0 Å². The van der Waals surface area contributed by atoms with Crippen LogP contribution in [-0.2, 0) is 0 Å². The Kier molecular flexibility index (Phi) is 16.5. The average molecular weight is 655 g/mol. The molecule has 0 radical (unpaired) electrons. The van der Waals surface area contributed by atoms with Crippen molar-refractivity contribution < 1.29 is 18.3 Å². The minimum Gasteiger partial charge on any atom is -0.494 e. The van der Waals surface area contributed by atoms with Crippen molar-refractivity contribution in [2.45, 2.75) is 117 Å². The Balaban J connectivity index is 1.21. The lowest BCUT2D eigenvalue weighted by Gasteiger charge is -2.11. The molecule has 48 heavy (non-hydrogen) atoms. The van der Waals surface area contributed by atoms with E-state index >= 15 is 4.39 Å². The second kappa shape index (κ2) is 21.3. The monoisotopic (exact) mass is 654 g/mol. The van der Waals surface area contributed by atoms with Crippen molar-refractivity contribution in [1.82, 2.24) is 0 Å². The van der Waals surface area contributed by atoms with Gasteiger partial charge in [-0.2, -0.15) is 4.39 Å². The summed E-state index contributed by atoms with van der Waals surface area (Å²) in [4.78, 5) is 0. The van der Waals surface area contributed by atoms with Gasteiger partial charge in [-0.25, -0.2) is 4.39 Å². The molecule has 0 saturated heterocycles. The maximum absolute atomic E-state index is 15.0. The molecular weight excluding hydrogens is 598 g/mol. The average Bonchev–Trinajstić information content (AvgIpc) is 3.12. The van der Waals surface area contributed by atoms with Crippen LogP contribution in [0.2, 0.25) is 0 Å². The highest BCUT2D eigenvalue weighted by Crippen LogP contribution is 2.32. The molecule has 0 unspecified atom stereocenters. The van der Waals surface area contributed by atoms with E-state index in [1.165, 1.54) is 83.1 Å². The molecule has 0 saturated carbocycles. The molecule has 0 atom stereocenters. The SMILES string of the molecule is CCCCCCCCCCCCOc1ccc(-c2ccc(-c3ccc(-c4ccc(OCCCCCCCC)c(F)c4F)cc3)cc2)cc1. The van der Waals surface area contributed by atoms with Crippen molar-refractivity contribution >= 4 is 0 Å². The molecule has 0 heterocycles. The number of benzene rings is 4. The van der Waals surface area contributed by atoms with Crippen LogP contribution in [0.25, 0.3) is 33.4 Å². The summed E-state index contributed by atoms with van der Waals surface area (Å²) < 4.78 is 41.4. The number of unbranched alkanes of at least 4 members (excludes halogenated alkanes) is 14. The van der Waals surface area contributed by atoms with E-state index in [0.717, 1.165) is 60.3 Å². The maximum Gasteiger partial charge on any atom is 0.201 e. The molecule has 4 aromatic carbocycles. The van der Waals surface area contributed by atoms with Gasteiger partial charge in [-0.15, -0.1) is 0 Å². The fourth-order valence-corrected chi connectivity index (χ4v) is 6.15. The Labute approximate surface area is 288 Å². The summed E-state index contributed by atoms with van der Waals surface area (Å²) in [5, 5.41) is 0. The van der Waals surface area contributed by atoms with Gasteiger partial charge in [-0.1, -0.05) is 164 Å². The summed E-state index contributed by atoms with van der Waals surface area (Å²) >= 11 is 0. The van der Waals surface area contributed by atoms with E-state index in [1.54, 1.807) is 6.07 Å². The smallest absolute Gasteiger partial charge is 0.201 e. The van der Waals surface area contributed by atoms with Crippen molar-refractivity contribution in [3.8, 4) is 44.9 Å². The number of halogens is 2. The van der Waals surface area contributed by atoms with Crippen LogP contribution in [0.3, 0.4) is 0 Å². The predicted molar refractivity (Wildman–Crippen MR) is 199 cm³/mol. The lowest BCUT2D eigenvalue weighted by Crippen LogP contribution is -2.01. The summed E-state index contributed by atoms with van der Waals surface area (Å²) in [6, 6.07) is 27.4. The highest BCUT2D eigenvalue weighted by Gasteiger charge is 2.16. The van der Waals surface area contributed by atoms with Crippen LogP contribution < -0.4 is 9.47 Å². The minimum absolute atomic E-state index is 0.0203. The molecule has 0 amide bonds. The first kappa shape index (κ1) is 37.2. The first-order valence-corrected chi connectivity index (χ1v) is 18.7. The third-order valence-corrected chi connectivity index (χ3v) is 9.17.